The third-order valence-electron chi connectivity index (χ3n) is 8.85. The Labute approximate surface area is 249 Å². The van der Waals surface area contributed by atoms with Crippen LogP contribution in [0.3, 0.4) is 0 Å². The van der Waals surface area contributed by atoms with Crippen LogP contribution in [0.15, 0.2) is 24.3 Å². The molecule has 0 unspecified atom stereocenters. The van der Waals surface area contributed by atoms with Gasteiger partial charge in [0.25, 0.3) is 5.91 Å². The minimum Gasteiger partial charge on any atom is -0.335 e. The van der Waals surface area contributed by atoms with Crippen molar-refractivity contribution in [3.8, 4) is 0 Å². The van der Waals surface area contributed by atoms with Crippen LogP contribution in [0.5, 0.6) is 0 Å². The first-order valence-corrected chi connectivity index (χ1v) is 16.6. The fraction of sp³-hybridized carbons (Fsp3) is 0.735. The number of unbranched alkanes of at least 4 members (excludes halogenated alkanes) is 2. The Morgan fingerprint density at radius 3 is 1.73 bits per heavy atom. The molecule has 7 heteroatoms. The number of nitrogens with zero attached hydrogens (tertiary/aromatic N) is 3. The van der Waals surface area contributed by atoms with Gasteiger partial charge in [-0.1, -0.05) is 65.2 Å². The van der Waals surface area contributed by atoms with Gasteiger partial charge in [0.05, 0.1) is 0 Å². The number of amides is 3. The predicted molar refractivity (Wildman–Crippen MR) is 168 cm³/mol. The number of anilines is 1. The molecule has 0 bridgehead atoms. The Kier molecular flexibility index (Phi) is 14.7. The Morgan fingerprint density at radius 2 is 1.24 bits per heavy atom. The number of carbonyl (C=O) groups is 3. The first-order chi connectivity index (χ1) is 19.9. The second-order valence-corrected chi connectivity index (χ2v) is 12.3. The third kappa shape index (κ3) is 11.1. The van der Waals surface area contributed by atoms with Gasteiger partial charge in [0.15, 0.2) is 0 Å². The minimum absolute atomic E-state index is 0.103. The molecular formula is C34H56N4O3. The molecule has 2 aliphatic carbocycles. The molecule has 0 radical (unpaired) electrons. The fourth-order valence-corrected chi connectivity index (χ4v) is 6.59. The number of benzene rings is 1. The summed E-state index contributed by atoms with van der Waals surface area (Å²) >= 11 is 0. The maximum Gasteiger partial charge on any atom is 0.254 e. The van der Waals surface area contributed by atoms with Crippen LogP contribution in [-0.4, -0.2) is 77.2 Å². The van der Waals surface area contributed by atoms with E-state index in [1.165, 1.54) is 71.1 Å². The lowest BCUT2D eigenvalue weighted by molar-refractivity contribution is -0.138. The van der Waals surface area contributed by atoms with E-state index in [0.29, 0.717) is 29.9 Å². The van der Waals surface area contributed by atoms with Crippen molar-refractivity contribution in [2.75, 3.05) is 38.0 Å². The summed E-state index contributed by atoms with van der Waals surface area (Å²) in [6, 6.07) is 7.68. The summed E-state index contributed by atoms with van der Waals surface area (Å²) in [6.07, 6.45) is 17.2. The molecule has 1 aromatic carbocycles. The summed E-state index contributed by atoms with van der Waals surface area (Å²) in [6.45, 7) is 9.75. The van der Waals surface area contributed by atoms with Gasteiger partial charge < -0.3 is 20.0 Å². The monoisotopic (exact) mass is 568 g/mol. The summed E-state index contributed by atoms with van der Waals surface area (Å²) in [5.74, 6) is -0.119. The predicted octanol–water partition coefficient (Wildman–Crippen LogP) is 6.87. The molecule has 0 aromatic heterocycles. The van der Waals surface area contributed by atoms with Gasteiger partial charge >= 0.3 is 0 Å². The first-order valence-electron chi connectivity index (χ1n) is 16.6. The lowest BCUT2D eigenvalue weighted by atomic mass is 9.88. The fourth-order valence-electron chi connectivity index (χ4n) is 6.59. The Bertz CT molecular complexity index is 896. The Balaban J connectivity index is 1.76. The van der Waals surface area contributed by atoms with Crippen molar-refractivity contribution in [3.05, 3.63) is 29.8 Å². The summed E-state index contributed by atoms with van der Waals surface area (Å²) in [7, 11) is 0. The average Bonchev–Trinajstić information content (AvgIpc) is 2.98. The van der Waals surface area contributed by atoms with Gasteiger partial charge in [-0.2, -0.15) is 0 Å². The Hall–Kier alpha value is -2.41. The highest BCUT2D eigenvalue weighted by Crippen LogP contribution is 2.30. The van der Waals surface area contributed by atoms with Gasteiger partial charge in [-0.15, -0.1) is 0 Å². The van der Waals surface area contributed by atoms with E-state index in [1.807, 2.05) is 0 Å². The van der Waals surface area contributed by atoms with E-state index in [0.717, 1.165) is 51.7 Å². The van der Waals surface area contributed by atoms with Gasteiger partial charge in [-0.05, 0) is 88.8 Å². The minimum atomic E-state index is -0.141. The average molecular weight is 569 g/mol. The van der Waals surface area contributed by atoms with Crippen LogP contribution >= 0.6 is 0 Å². The molecule has 0 aliphatic heterocycles. The van der Waals surface area contributed by atoms with Crippen LogP contribution in [0.2, 0.25) is 0 Å². The first kappa shape index (κ1) is 33.1. The maximum absolute atomic E-state index is 14.1. The number of rotatable bonds is 16. The zero-order valence-electron chi connectivity index (χ0n) is 26.2. The largest absolute Gasteiger partial charge is 0.335 e. The summed E-state index contributed by atoms with van der Waals surface area (Å²) in [4.78, 5) is 46.0. The normalized spacial score (nSPS) is 16.5. The van der Waals surface area contributed by atoms with Crippen LogP contribution in [0.1, 0.15) is 127 Å². The number of carbonyl (C=O) groups excluding carboxylic acids is 3. The van der Waals surface area contributed by atoms with Crippen molar-refractivity contribution in [1.82, 2.24) is 14.7 Å². The third-order valence-corrected chi connectivity index (χ3v) is 8.85. The number of hydrogen-bond donors (Lipinski definition) is 1. The molecule has 0 heterocycles. The van der Waals surface area contributed by atoms with Gasteiger partial charge in [-0.3, -0.25) is 14.4 Å². The zero-order chi connectivity index (χ0) is 29.5. The molecule has 230 valence electrons. The Morgan fingerprint density at radius 1 is 0.732 bits per heavy atom. The summed E-state index contributed by atoms with van der Waals surface area (Å²) in [5, 5.41) is 2.77. The van der Waals surface area contributed by atoms with Gasteiger partial charge in [0.2, 0.25) is 11.8 Å². The lowest BCUT2D eigenvalue weighted by Crippen LogP contribution is -2.53. The molecule has 3 rings (SSSR count). The second-order valence-electron chi connectivity index (χ2n) is 12.3. The molecule has 1 aromatic rings. The highest BCUT2D eigenvalue weighted by molar-refractivity contribution is 5.97. The van der Waals surface area contributed by atoms with Gasteiger partial charge in [0, 0.05) is 36.8 Å². The molecular weight excluding hydrogens is 512 g/mol. The van der Waals surface area contributed by atoms with Crippen molar-refractivity contribution in [3.63, 3.8) is 0 Å². The van der Waals surface area contributed by atoms with Crippen LogP contribution < -0.4 is 5.32 Å². The van der Waals surface area contributed by atoms with Crippen molar-refractivity contribution < 1.29 is 14.4 Å². The van der Waals surface area contributed by atoms with Crippen LogP contribution in [0, 0.1) is 0 Å². The summed E-state index contributed by atoms with van der Waals surface area (Å²) < 4.78 is 0. The quantitative estimate of drug-likeness (QED) is 0.236. The maximum atomic E-state index is 14.1. The van der Waals surface area contributed by atoms with E-state index >= 15 is 0 Å². The molecule has 41 heavy (non-hydrogen) atoms. The SMILES string of the molecule is CCCCN(CCCC)CCCN(CC(=O)N(C1CCCCC1)C1CCCCC1)C(=O)c1ccc(NC(C)=O)cc1. The van der Waals surface area contributed by atoms with Crippen LogP contribution in [0.25, 0.3) is 0 Å². The molecule has 1 N–H and O–H groups in total. The molecule has 3 amide bonds. The molecule has 2 aliphatic rings. The van der Waals surface area contributed by atoms with Crippen molar-refractivity contribution in [1.29, 1.82) is 0 Å². The van der Waals surface area contributed by atoms with Gasteiger partial charge in [0.1, 0.15) is 6.54 Å². The van der Waals surface area contributed by atoms with E-state index in [-0.39, 0.29) is 24.3 Å². The molecule has 2 fully saturated rings. The van der Waals surface area contributed by atoms with E-state index in [4.69, 9.17) is 0 Å². The molecule has 0 spiro atoms. The van der Waals surface area contributed by atoms with Gasteiger partial charge in [-0.25, -0.2) is 0 Å². The van der Waals surface area contributed by atoms with E-state index < -0.39 is 0 Å². The summed E-state index contributed by atoms with van der Waals surface area (Å²) in [5.41, 5.74) is 1.22. The molecule has 7 nitrogen and oxygen atoms in total. The second kappa shape index (κ2) is 18.2. The van der Waals surface area contributed by atoms with E-state index in [2.05, 4.69) is 29.0 Å². The van der Waals surface area contributed by atoms with E-state index in [1.54, 1.807) is 29.2 Å². The lowest BCUT2D eigenvalue weighted by Gasteiger charge is -2.42. The van der Waals surface area contributed by atoms with E-state index in [9.17, 15) is 14.4 Å². The van der Waals surface area contributed by atoms with Crippen molar-refractivity contribution >= 4 is 23.4 Å². The van der Waals surface area contributed by atoms with Crippen molar-refractivity contribution in [2.45, 2.75) is 129 Å². The topological polar surface area (TPSA) is 73.0 Å². The number of nitrogens with one attached hydrogen (secondary N) is 1. The smallest absolute Gasteiger partial charge is 0.254 e. The highest BCUT2D eigenvalue weighted by atomic mass is 16.2. The molecule has 0 saturated heterocycles. The molecule has 0 atom stereocenters. The van der Waals surface area contributed by atoms with Crippen LogP contribution in [0.4, 0.5) is 5.69 Å². The molecule has 2 saturated carbocycles. The zero-order valence-corrected chi connectivity index (χ0v) is 26.2. The number of hydrogen-bond acceptors (Lipinski definition) is 4. The standard InChI is InChI=1S/C34H56N4O3/c1-4-6-23-36(24-7-5-2)25-14-26-37(34(41)29-19-21-30(22-20-29)35-28(3)39)27-33(40)38(31-15-10-8-11-16-31)32-17-12-9-13-18-32/h19-22,31-32H,4-18,23-27H2,1-3H3,(H,35,39). The van der Waals surface area contributed by atoms with Crippen molar-refractivity contribution in [2.24, 2.45) is 0 Å². The van der Waals surface area contributed by atoms with Crippen LogP contribution in [-0.2, 0) is 9.59 Å². The highest BCUT2D eigenvalue weighted by Gasteiger charge is 2.34.